The lowest BCUT2D eigenvalue weighted by Gasteiger charge is -2.08. The van der Waals surface area contributed by atoms with Gasteiger partial charge >= 0.3 is 5.97 Å². The number of hydrogen-bond donors (Lipinski definition) is 2. The Morgan fingerprint density at radius 2 is 1.48 bits per heavy atom. The zero-order chi connectivity index (χ0) is 19.2. The molecule has 1 amide bonds. The highest BCUT2D eigenvalue weighted by Crippen LogP contribution is 2.17. The van der Waals surface area contributed by atoms with Crippen LogP contribution in [0.4, 0.5) is 17.1 Å². The normalized spacial score (nSPS) is 10.1. The van der Waals surface area contributed by atoms with E-state index >= 15 is 0 Å². The molecule has 2 aromatic carbocycles. The third-order valence-electron chi connectivity index (χ3n) is 3.90. The van der Waals surface area contributed by atoms with Gasteiger partial charge < -0.3 is 15.4 Å². The number of anilines is 3. The van der Waals surface area contributed by atoms with E-state index in [0.717, 1.165) is 22.6 Å². The summed E-state index contributed by atoms with van der Waals surface area (Å²) in [5, 5.41) is 5.98. The third-order valence-corrected chi connectivity index (χ3v) is 3.90. The highest BCUT2D eigenvalue weighted by atomic mass is 16.5. The number of methoxy groups -OCH3 is 1. The van der Waals surface area contributed by atoms with Gasteiger partial charge in [0.15, 0.2) is 0 Å². The molecule has 0 fully saturated rings. The van der Waals surface area contributed by atoms with E-state index in [1.807, 2.05) is 31.2 Å². The Morgan fingerprint density at radius 1 is 0.852 bits per heavy atom. The molecule has 0 spiro atoms. The summed E-state index contributed by atoms with van der Waals surface area (Å²) in [5.41, 5.74) is 4.17. The average molecular weight is 361 g/mol. The molecule has 0 saturated heterocycles. The Morgan fingerprint density at radius 3 is 2.07 bits per heavy atom. The maximum atomic E-state index is 12.3. The zero-order valence-electron chi connectivity index (χ0n) is 15.0. The van der Waals surface area contributed by atoms with E-state index in [0.29, 0.717) is 11.3 Å². The number of esters is 1. The Labute approximate surface area is 157 Å². The monoisotopic (exact) mass is 361 g/mol. The van der Waals surface area contributed by atoms with E-state index < -0.39 is 0 Å². The standard InChI is InChI=1S/C21H19N3O3/c1-14-3-7-17(8-4-14)24-20(25)19-12-11-18(13-22-19)23-16-9-5-15(6-10-16)21(26)27-2/h3-13,23H,1-2H3,(H,24,25). The molecule has 0 atom stereocenters. The Balaban J connectivity index is 1.63. The summed E-state index contributed by atoms with van der Waals surface area (Å²) in [6.07, 6.45) is 1.58. The highest BCUT2D eigenvalue weighted by Gasteiger charge is 2.08. The van der Waals surface area contributed by atoms with Crippen molar-refractivity contribution in [3.63, 3.8) is 0 Å². The Hall–Kier alpha value is -3.67. The van der Waals surface area contributed by atoms with Crippen molar-refractivity contribution in [2.75, 3.05) is 17.7 Å². The van der Waals surface area contributed by atoms with Gasteiger partial charge in [0.05, 0.1) is 24.6 Å². The lowest BCUT2D eigenvalue weighted by Crippen LogP contribution is -2.13. The number of aryl methyl sites for hydroxylation is 1. The minimum absolute atomic E-state index is 0.271. The molecule has 27 heavy (non-hydrogen) atoms. The summed E-state index contributed by atoms with van der Waals surface area (Å²) in [6, 6.07) is 17.9. The molecule has 1 heterocycles. The molecule has 3 rings (SSSR count). The maximum absolute atomic E-state index is 12.3. The van der Waals surface area contributed by atoms with E-state index in [-0.39, 0.29) is 11.9 Å². The minimum atomic E-state index is -0.382. The molecule has 3 aromatic rings. The molecule has 6 nitrogen and oxygen atoms in total. The average Bonchev–Trinajstić information content (AvgIpc) is 2.70. The van der Waals surface area contributed by atoms with Gasteiger partial charge in [-0.3, -0.25) is 4.79 Å². The van der Waals surface area contributed by atoms with Crippen LogP contribution < -0.4 is 10.6 Å². The molecule has 0 unspecified atom stereocenters. The molecule has 1 aromatic heterocycles. The molecule has 0 saturated carbocycles. The van der Waals surface area contributed by atoms with Crippen molar-refractivity contribution >= 4 is 28.9 Å². The van der Waals surface area contributed by atoms with Crippen LogP contribution in [0, 0.1) is 6.92 Å². The molecule has 6 heteroatoms. The van der Waals surface area contributed by atoms with Crippen LogP contribution in [0.5, 0.6) is 0 Å². The van der Waals surface area contributed by atoms with Gasteiger partial charge in [0, 0.05) is 11.4 Å². The summed E-state index contributed by atoms with van der Waals surface area (Å²) in [4.78, 5) is 27.9. The second kappa shape index (κ2) is 8.14. The molecule has 0 aliphatic heterocycles. The van der Waals surface area contributed by atoms with Gasteiger partial charge in [-0.1, -0.05) is 17.7 Å². The summed E-state index contributed by atoms with van der Waals surface area (Å²) >= 11 is 0. The van der Waals surface area contributed by atoms with Crippen molar-refractivity contribution in [1.82, 2.24) is 4.98 Å². The first kappa shape index (κ1) is 18.1. The summed E-state index contributed by atoms with van der Waals surface area (Å²) in [5.74, 6) is -0.653. The van der Waals surface area contributed by atoms with Crippen LogP contribution in [-0.4, -0.2) is 24.0 Å². The topological polar surface area (TPSA) is 80.3 Å². The number of amides is 1. The van der Waals surface area contributed by atoms with Gasteiger partial charge in [0.25, 0.3) is 5.91 Å². The van der Waals surface area contributed by atoms with Crippen molar-refractivity contribution < 1.29 is 14.3 Å². The second-order valence-electron chi connectivity index (χ2n) is 5.95. The summed E-state index contributed by atoms with van der Waals surface area (Å²) in [6.45, 7) is 1.99. The van der Waals surface area contributed by atoms with Gasteiger partial charge in [-0.2, -0.15) is 0 Å². The quantitative estimate of drug-likeness (QED) is 0.667. The van der Waals surface area contributed by atoms with Crippen LogP contribution in [0.15, 0.2) is 66.9 Å². The first-order chi connectivity index (χ1) is 13.0. The van der Waals surface area contributed by atoms with Crippen molar-refractivity contribution in [2.45, 2.75) is 6.92 Å². The van der Waals surface area contributed by atoms with Crippen LogP contribution in [0.2, 0.25) is 0 Å². The van der Waals surface area contributed by atoms with E-state index in [1.54, 1.807) is 42.6 Å². The molecule has 0 bridgehead atoms. The second-order valence-corrected chi connectivity index (χ2v) is 5.95. The molecular weight excluding hydrogens is 342 g/mol. The van der Waals surface area contributed by atoms with E-state index in [1.165, 1.54) is 7.11 Å². The summed E-state index contributed by atoms with van der Waals surface area (Å²) < 4.78 is 4.67. The SMILES string of the molecule is COC(=O)c1ccc(Nc2ccc(C(=O)Nc3ccc(C)cc3)nc2)cc1. The van der Waals surface area contributed by atoms with Crippen LogP contribution in [0.1, 0.15) is 26.4 Å². The van der Waals surface area contributed by atoms with Gasteiger partial charge in [-0.25, -0.2) is 9.78 Å². The van der Waals surface area contributed by atoms with Crippen LogP contribution in [-0.2, 0) is 4.74 Å². The van der Waals surface area contributed by atoms with Gasteiger partial charge in [0.1, 0.15) is 5.69 Å². The lowest BCUT2D eigenvalue weighted by atomic mass is 10.2. The number of ether oxygens (including phenoxy) is 1. The van der Waals surface area contributed by atoms with Gasteiger partial charge in [-0.05, 0) is 55.5 Å². The number of nitrogens with zero attached hydrogens (tertiary/aromatic N) is 1. The smallest absolute Gasteiger partial charge is 0.337 e. The molecule has 136 valence electrons. The summed E-state index contributed by atoms with van der Waals surface area (Å²) in [7, 11) is 1.34. The molecular formula is C21H19N3O3. The third kappa shape index (κ3) is 4.70. The van der Waals surface area contributed by atoms with Crippen molar-refractivity contribution in [2.24, 2.45) is 0 Å². The number of carbonyl (C=O) groups excluding carboxylic acids is 2. The van der Waals surface area contributed by atoms with Crippen LogP contribution in [0.25, 0.3) is 0 Å². The number of carbonyl (C=O) groups is 2. The first-order valence-electron chi connectivity index (χ1n) is 8.34. The maximum Gasteiger partial charge on any atom is 0.337 e. The van der Waals surface area contributed by atoms with Crippen molar-refractivity contribution in [3.05, 3.63) is 83.7 Å². The number of benzene rings is 2. The Kier molecular flexibility index (Phi) is 5.47. The fourth-order valence-electron chi connectivity index (χ4n) is 2.41. The highest BCUT2D eigenvalue weighted by molar-refractivity contribution is 6.03. The van der Waals surface area contributed by atoms with Crippen LogP contribution in [0.3, 0.4) is 0 Å². The van der Waals surface area contributed by atoms with Gasteiger partial charge in [0.2, 0.25) is 0 Å². The molecule has 0 radical (unpaired) electrons. The zero-order valence-corrected chi connectivity index (χ0v) is 15.0. The Bertz CT molecular complexity index is 934. The van der Waals surface area contributed by atoms with Crippen molar-refractivity contribution in [1.29, 1.82) is 0 Å². The van der Waals surface area contributed by atoms with E-state index in [9.17, 15) is 9.59 Å². The van der Waals surface area contributed by atoms with E-state index in [4.69, 9.17) is 0 Å². The van der Waals surface area contributed by atoms with Crippen molar-refractivity contribution in [3.8, 4) is 0 Å². The fourth-order valence-corrected chi connectivity index (χ4v) is 2.41. The fraction of sp³-hybridized carbons (Fsp3) is 0.0952. The number of nitrogens with one attached hydrogen (secondary N) is 2. The predicted octanol–water partition coefficient (Wildman–Crippen LogP) is 4.17. The number of hydrogen-bond acceptors (Lipinski definition) is 5. The van der Waals surface area contributed by atoms with Gasteiger partial charge in [-0.15, -0.1) is 0 Å². The molecule has 2 N–H and O–H groups in total. The lowest BCUT2D eigenvalue weighted by molar-refractivity contribution is 0.0600. The van der Waals surface area contributed by atoms with Crippen LogP contribution >= 0.6 is 0 Å². The number of aromatic nitrogens is 1. The first-order valence-corrected chi connectivity index (χ1v) is 8.34. The largest absolute Gasteiger partial charge is 0.465 e. The molecule has 0 aliphatic rings. The minimum Gasteiger partial charge on any atom is -0.465 e. The predicted molar refractivity (Wildman–Crippen MR) is 104 cm³/mol. The molecule has 0 aliphatic carbocycles. The number of rotatable bonds is 5. The number of pyridine rings is 1. The van der Waals surface area contributed by atoms with E-state index in [2.05, 4.69) is 20.4 Å².